The van der Waals surface area contributed by atoms with Gasteiger partial charge in [-0.1, -0.05) is 30.3 Å². The Morgan fingerprint density at radius 2 is 1.54 bits per heavy atom. The quantitative estimate of drug-likeness (QED) is 0.784. The summed E-state index contributed by atoms with van der Waals surface area (Å²) in [6.07, 6.45) is 3.00. The van der Waals surface area contributed by atoms with Crippen LogP contribution in [0.1, 0.15) is 12.0 Å². The number of nitrogens with zero attached hydrogens (tertiary/aromatic N) is 5. The van der Waals surface area contributed by atoms with Crippen molar-refractivity contribution in [3.05, 3.63) is 48.3 Å². The highest BCUT2D eigenvalue weighted by atomic mass is 16.5. The first kappa shape index (κ1) is 18.7. The van der Waals surface area contributed by atoms with Crippen molar-refractivity contribution in [3.63, 3.8) is 0 Å². The largest absolute Gasteiger partial charge is 0.378 e. The number of carbonyl (C=O) groups is 1. The molecule has 2 aliphatic heterocycles. The van der Waals surface area contributed by atoms with Gasteiger partial charge in [0.2, 0.25) is 5.91 Å². The number of hydrogen-bond donors (Lipinski definition) is 0. The van der Waals surface area contributed by atoms with E-state index in [0.29, 0.717) is 6.42 Å². The maximum Gasteiger partial charge on any atom is 0.223 e. The SMILES string of the molecule is O=C(CCc1ccccc1)N1CCN(c2cc(N3CCOCC3)ncn2)CC1. The van der Waals surface area contributed by atoms with Gasteiger partial charge in [0.1, 0.15) is 18.0 Å². The Hall–Kier alpha value is -2.67. The van der Waals surface area contributed by atoms with Crippen molar-refractivity contribution in [1.29, 1.82) is 0 Å². The fourth-order valence-corrected chi connectivity index (χ4v) is 3.71. The molecule has 7 nitrogen and oxygen atoms in total. The van der Waals surface area contributed by atoms with Crippen LogP contribution in [0.4, 0.5) is 11.6 Å². The van der Waals surface area contributed by atoms with E-state index in [-0.39, 0.29) is 5.91 Å². The van der Waals surface area contributed by atoms with E-state index >= 15 is 0 Å². The first-order chi connectivity index (χ1) is 13.8. The van der Waals surface area contributed by atoms with Crippen LogP contribution < -0.4 is 9.80 Å². The number of aryl methyl sites for hydroxylation is 1. The number of rotatable bonds is 5. The first-order valence-electron chi connectivity index (χ1n) is 10.0. The van der Waals surface area contributed by atoms with Crippen LogP contribution >= 0.6 is 0 Å². The van der Waals surface area contributed by atoms with Crippen molar-refractivity contribution < 1.29 is 9.53 Å². The second kappa shape index (κ2) is 9.01. The van der Waals surface area contributed by atoms with E-state index in [2.05, 4.69) is 38.0 Å². The Morgan fingerprint density at radius 3 is 2.21 bits per heavy atom. The van der Waals surface area contributed by atoms with Crippen LogP contribution in [0.3, 0.4) is 0 Å². The molecule has 2 saturated heterocycles. The van der Waals surface area contributed by atoms with Crippen LogP contribution in [-0.4, -0.2) is 73.3 Å². The van der Waals surface area contributed by atoms with E-state index < -0.39 is 0 Å². The van der Waals surface area contributed by atoms with Gasteiger partial charge in [0, 0.05) is 51.8 Å². The summed E-state index contributed by atoms with van der Waals surface area (Å²) in [6.45, 7) is 6.29. The lowest BCUT2D eigenvalue weighted by atomic mass is 10.1. The number of piperazine rings is 1. The van der Waals surface area contributed by atoms with Gasteiger partial charge in [0.05, 0.1) is 13.2 Å². The minimum atomic E-state index is 0.236. The van der Waals surface area contributed by atoms with Gasteiger partial charge in [0.15, 0.2) is 0 Å². The molecule has 2 aromatic rings. The van der Waals surface area contributed by atoms with Gasteiger partial charge >= 0.3 is 0 Å². The Labute approximate surface area is 165 Å². The summed E-state index contributed by atoms with van der Waals surface area (Å²) >= 11 is 0. The number of aromatic nitrogens is 2. The monoisotopic (exact) mass is 381 g/mol. The summed E-state index contributed by atoms with van der Waals surface area (Å²) in [7, 11) is 0. The van der Waals surface area contributed by atoms with Crippen molar-refractivity contribution in [3.8, 4) is 0 Å². The average Bonchev–Trinajstić information content (AvgIpc) is 2.79. The third-order valence-corrected chi connectivity index (χ3v) is 5.40. The average molecular weight is 381 g/mol. The van der Waals surface area contributed by atoms with Gasteiger partial charge in [-0.25, -0.2) is 9.97 Å². The van der Waals surface area contributed by atoms with E-state index in [1.54, 1.807) is 6.33 Å². The third-order valence-electron chi connectivity index (χ3n) is 5.40. The molecule has 0 aliphatic carbocycles. The highest BCUT2D eigenvalue weighted by Gasteiger charge is 2.22. The molecule has 0 bridgehead atoms. The molecule has 4 rings (SSSR count). The minimum absolute atomic E-state index is 0.236. The number of carbonyl (C=O) groups excluding carboxylic acids is 1. The van der Waals surface area contributed by atoms with E-state index in [4.69, 9.17) is 4.74 Å². The highest BCUT2D eigenvalue weighted by Crippen LogP contribution is 2.20. The predicted octanol–water partition coefficient (Wildman–Crippen LogP) is 1.59. The number of morpholine rings is 1. The Kier molecular flexibility index (Phi) is 6.01. The first-order valence-corrected chi connectivity index (χ1v) is 10.0. The molecule has 28 heavy (non-hydrogen) atoms. The van der Waals surface area contributed by atoms with Crippen LogP contribution in [0.2, 0.25) is 0 Å². The molecule has 1 amide bonds. The molecule has 0 radical (unpaired) electrons. The maximum atomic E-state index is 12.5. The molecular weight excluding hydrogens is 354 g/mol. The molecule has 3 heterocycles. The predicted molar refractivity (Wildman–Crippen MR) is 109 cm³/mol. The lowest BCUT2D eigenvalue weighted by Gasteiger charge is -2.36. The second-order valence-corrected chi connectivity index (χ2v) is 7.19. The molecular formula is C21H27N5O2. The minimum Gasteiger partial charge on any atom is -0.378 e. The molecule has 1 aromatic heterocycles. The molecule has 0 unspecified atom stereocenters. The summed E-state index contributed by atoms with van der Waals surface area (Å²) in [6, 6.07) is 12.2. The summed E-state index contributed by atoms with van der Waals surface area (Å²) in [5.41, 5.74) is 1.21. The lowest BCUT2D eigenvalue weighted by Crippen LogP contribution is -2.49. The molecule has 0 atom stereocenters. The molecule has 0 N–H and O–H groups in total. The fourth-order valence-electron chi connectivity index (χ4n) is 3.71. The van der Waals surface area contributed by atoms with Gasteiger partial charge in [0.25, 0.3) is 0 Å². The summed E-state index contributed by atoms with van der Waals surface area (Å²) < 4.78 is 5.42. The molecule has 148 valence electrons. The molecule has 7 heteroatoms. The van der Waals surface area contributed by atoms with Crippen LogP contribution in [0, 0.1) is 0 Å². The van der Waals surface area contributed by atoms with Crippen LogP contribution in [0.5, 0.6) is 0 Å². The number of hydrogen-bond acceptors (Lipinski definition) is 6. The zero-order valence-corrected chi connectivity index (χ0v) is 16.2. The fraction of sp³-hybridized carbons (Fsp3) is 0.476. The van der Waals surface area contributed by atoms with E-state index in [1.165, 1.54) is 5.56 Å². The standard InChI is InChI=1S/C21H27N5O2/c27-21(7-6-18-4-2-1-3-5-18)26-10-8-24(9-11-26)19-16-20(23-17-22-19)25-12-14-28-15-13-25/h1-5,16-17H,6-15H2. The van der Waals surface area contributed by atoms with Crippen LogP contribution in [-0.2, 0) is 16.0 Å². The normalized spacial score (nSPS) is 17.6. The van der Waals surface area contributed by atoms with Crippen molar-refractivity contribution in [1.82, 2.24) is 14.9 Å². The van der Waals surface area contributed by atoms with E-state index in [1.807, 2.05) is 23.1 Å². The van der Waals surface area contributed by atoms with Gasteiger partial charge in [-0.15, -0.1) is 0 Å². The molecule has 0 spiro atoms. The number of benzene rings is 1. The Morgan fingerprint density at radius 1 is 0.893 bits per heavy atom. The van der Waals surface area contributed by atoms with Crippen LogP contribution in [0.15, 0.2) is 42.7 Å². The van der Waals surface area contributed by atoms with Gasteiger partial charge in [-0.05, 0) is 12.0 Å². The zero-order chi connectivity index (χ0) is 19.2. The number of anilines is 2. The van der Waals surface area contributed by atoms with Crippen molar-refractivity contribution in [2.75, 3.05) is 62.3 Å². The Balaban J connectivity index is 1.29. The summed E-state index contributed by atoms with van der Waals surface area (Å²) in [5.74, 6) is 2.13. The molecule has 2 aliphatic rings. The van der Waals surface area contributed by atoms with E-state index in [9.17, 15) is 4.79 Å². The smallest absolute Gasteiger partial charge is 0.223 e. The number of ether oxygens (including phenoxy) is 1. The van der Waals surface area contributed by atoms with Crippen molar-refractivity contribution in [2.24, 2.45) is 0 Å². The maximum absolute atomic E-state index is 12.5. The van der Waals surface area contributed by atoms with Gasteiger partial charge < -0.3 is 19.4 Å². The molecule has 1 aromatic carbocycles. The van der Waals surface area contributed by atoms with Gasteiger partial charge in [-0.3, -0.25) is 4.79 Å². The lowest BCUT2D eigenvalue weighted by molar-refractivity contribution is -0.131. The summed E-state index contributed by atoms with van der Waals surface area (Å²) in [5, 5.41) is 0. The van der Waals surface area contributed by atoms with Crippen molar-refractivity contribution in [2.45, 2.75) is 12.8 Å². The Bertz CT molecular complexity index is 771. The van der Waals surface area contributed by atoms with Gasteiger partial charge in [-0.2, -0.15) is 0 Å². The molecule has 2 fully saturated rings. The van der Waals surface area contributed by atoms with Crippen LogP contribution in [0.25, 0.3) is 0 Å². The third kappa shape index (κ3) is 4.59. The molecule has 0 saturated carbocycles. The topological polar surface area (TPSA) is 61.8 Å². The zero-order valence-electron chi connectivity index (χ0n) is 16.2. The number of amides is 1. The highest BCUT2D eigenvalue weighted by molar-refractivity contribution is 5.76. The second-order valence-electron chi connectivity index (χ2n) is 7.19. The van der Waals surface area contributed by atoms with E-state index in [0.717, 1.165) is 70.5 Å². The summed E-state index contributed by atoms with van der Waals surface area (Å²) in [4.78, 5) is 27.9. The van der Waals surface area contributed by atoms with Crippen molar-refractivity contribution >= 4 is 17.5 Å².